The van der Waals surface area contributed by atoms with Crippen molar-refractivity contribution in [2.75, 3.05) is 26.2 Å². The zero-order valence-electron chi connectivity index (χ0n) is 11.1. The molecule has 0 saturated carbocycles. The zero-order chi connectivity index (χ0) is 12.0. The fourth-order valence-electron chi connectivity index (χ4n) is 2.71. The molecule has 96 valence electrons. The van der Waals surface area contributed by atoms with Crippen LogP contribution in [-0.4, -0.2) is 48.3 Å². The van der Waals surface area contributed by atoms with Crippen LogP contribution in [0.2, 0.25) is 0 Å². The van der Waals surface area contributed by atoms with Crippen LogP contribution >= 0.6 is 0 Å². The van der Waals surface area contributed by atoms with Crippen molar-refractivity contribution in [1.29, 1.82) is 0 Å². The number of nitrogens with one attached hydrogen (secondary N) is 1. The average Bonchev–Trinajstić information content (AvgIpc) is 2.23. The number of hydrogen-bond acceptors (Lipinski definition) is 3. The first-order chi connectivity index (χ1) is 7.67. The number of nitrogens with zero attached hydrogens (tertiary/aromatic N) is 1. The lowest BCUT2D eigenvalue weighted by Gasteiger charge is -2.38. The maximum Gasteiger partial charge on any atom is 0.0446 e. The van der Waals surface area contributed by atoms with Gasteiger partial charge in [-0.25, -0.2) is 0 Å². The van der Waals surface area contributed by atoms with Crippen molar-refractivity contribution >= 4 is 0 Å². The number of likely N-dealkylation sites (tertiary alicyclic amines) is 1. The molecule has 0 spiro atoms. The molecule has 3 atom stereocenters. The van der Waals surface area contributed by atoms with Gasteiger partial charge in [0, 0.05) is 25.2 Å². The Morgan fingerprint density at radius 3 is 2.75 bits per heavy atom. The van der Waals surface area contributed by atoms with Gasteiger partial charge in [0.25, 0.3) is 0 Å². The summed E-state index contributed by atoms with van der Waals surface area (Å²) in [5.41, 5.74) is 0. The number of aliphatic hydroxyl groups excluding tert-OH is 1. The molecule has 2 N–H and O–H groups in total. The third kappa shape index (κ3) is 4.40. The molecular weight excluding hydrogens is 200 g/mol. The quantitative estimate of drug-likeness (QED) is 0.722. The van der Waals surface area contributed by atoms with Crippen LogP contribution in [0.15, 0.2) is 0 Å². The Bertz CT molecular complexity index is 181. The molecule has 0 radical (unpaired) electrons. The number of likely N-dealkylation sites (N-methyl/N-ethyl adjacent to an activating group) is 1. The summed E-state index contributed by atoms with van der Waals surface area (Å²) in [6.07, 6.45) is 3.51. The summed E-state index contributed by atoms with van der Waals surface area (Å²) >= 11 is 0. The van der Waals surface area contributed by atoms with Gasteiger partial charge in [0.05, 0.1) is 0 Å². The van der Waals surface area contributed by atoms with Gasteiger partial charge < -0.3 is 10.4 Å². The van der Waals surface area contributed by atoms with Gasteiger partial charge in [0.2, 0.25) is 0 Å². The van der Waals surface area contributed by atoms with E-state index in [1.54, 1.807) is 0 Å². The van der Waals surface area contributed by atoms with Crippen LogP contribution in [0.3, 0.4) is 0 Å². The van der Waals surface area contributed by atoms with E-state index in [2.05, 4.69) is 31.0 Å². The Morgan fingerprint density at radius 2 is 2.19 bits per heavy atom. The van der Waals surface area contributed by atoms with E-state index in [0.717, 1.165) is 25.4 Å². The van der Waals surface area contributed by atoms with E-state index in [0.29, 0.717) is 12.1 Å². The second-order valence-corrected chi connectivity index (χ2v) is 5.24. The first-order valence-electron chi connectivity index (χ1n) is 6.75. The summed E-state index contributed by atoms with van der Waals surface area (Å²) in [6.45, 7) is 10.4. The molecule has 1 aliphatic heterocycles. The monoisotopic (exact) mass is 228 g/mol. The molecular formula is C13H28N2O. The van der Waals surface area contributed by atoms with E-state index >= 15 is 0 Å². The minimum atomic E-state index is 0.288. The van der Waals surface area contributed by atoms with Crippen molar-refractivity contribution in [2.24, 2.45) is 5.92 Å². The number of rotatable bonds is 6. The Balaban J connectivity index is 2.37. The fraction of sp³-hybridized carbons (Fsp3) is 1.00. The van der Waals surface area contributed by atoms with Gasteiger partial charge in [-0.3, -0.25) is 4.90 Å². The molecule has 0 aromatic heterocycles. The number of aliphatic hydroxyl groups is 1. The molecule has 1 fully saturated rings. The van der Waals surface area contributed by atoms with Crippen molar-refractivity contribution in [2.45, 2.75) is 52.1 Å². The van der Waals surface area contributed by atoms with Crippen LogP contribution in [0, 0.1) is 5.92 Å². The van der Waals surface area contributed by atoms with Crippen LogP contribution in [0.4, 0.5) is 0 Å². The van der Waals surface area contributed by atoms with Gasteiger partial charge >= 0.3 is 0 Å². The Hall–Kier alpha value is -0.120. The highest BCUT2D eigenvalue weighted by atomic mass is 16.3. The second kappa shape index (κ2) is 7.25. The van der Waals surface area contributed by atoms with E-state index in [4.69, 9.17) is 5.11 Å². The lowest BCUT2D eigenvalue weighted by atomic mass is 9.93. The summed E-state index contributed by atoms with van der Waals surface area (Å²) < 4.78 is 0. The van der Waals surface area contributed by atoms with Crippen LogP contribution in [0.1, 0.15) is 40.0 Å². The second-order valence-electron chi connectivity index (χ2n) is 5.24. The largest absolute Gasteiger partial charge is 0.396 e. The van der Waals surface area contributed by atoms with E-state index in [1.807, 2.05) is 0 Å². The molecule has 1 aliphatic rings. The molecule has 0 aliphatic carbocycles. The first kappa shape index (κ1) is 13.9. The summed E-state index contributed by atoms with van der Waals surface area (Å²) in [6, 6.07) is 1.15. The minimum absolute atomic E-state index is 0.288. The van der Waals surface area contributed by atoms with E-state index in [-0.39, 0.29) is 6.61 Å². The van der Waals surface area contributed by atoms with E-state index < -0.39 is 0 Å². The summed E-state index contributed by atoms with van der Waals surface area (Å²) in [7, 11) is 0. The Labute approximate surface area is 100 Å². The SMILES string of the molecule is CCNC(CCO)CN1CCC(C)CC1C. The molecule has 3 heteroatoms. The zero-order valence-corrected chi connectivity index (χ0v) is 11.1. The minimum Gasteiger partial charge on any atom is -0.396 e. The molecule has 1 rings (SSSR count). The molecule has 0 aromatic rings. The predicted molar refractivity (Wildman–Crippen MR) is 68.6 cm³/mol. The summed E-state index contributed by atoms with van der Waals surface area (Å²) in [5.74, 6) is 0.877. The highest BCUT2D eigenvalue weighted by Gasteiger charge is 2.24. The topological polar surface area (TPSA) is 35.5 Å². The molecule has 0 amide bonds. The lowest BCUT2D eigenvalue weighted by Crippen LogP contribution is -2.48. The van der Waals surface area contributed by atoms with Crippen LogP contribution < -0.4 is 5.32 Å². The third-order valence-corrected chi connectivity index (χ3v) is 3.70. The fourth-order valence-corrected chi connectivity index (χ4v) is 2.71. The van der Waals surface area contributed by atoms with Gasteiger partial charge in [-0.05, 0) is 45.2 Å². The standard InChI is InChI=1S/C13H28N2O/c1-4-14-13(6-8-16)10-15-7-5-11(2)9-12(15)3/h11-14,16H,4-10H2,1-3H3. The van der Waals surface area contributed by atoms with Crippen LogP contribution in [0.25, 0.3) is 0 Å². The van der Waals surface area contributed by atoms with Crippen LogP contribution in [-0.2, 0) is 0 Å². The molecule has 1 saturated heterocycles. The molecule has 3 nitrogen and oxygen atoms in total. The third-order valence-electron chi connectivity index (χ3n) is 3.70. The van der Waals surface area contributed by atoms with Gasteiger partial charge in [0.1, 0.15) is 0 Å². The first-order valence-corrected chi connectivity index (χ1v) is 6.75. The highest BCUT2D eigenvalue weighted by Crippen LogP contribution is 2.22. The molecule has 0 bridgehead atoms. The van der Waals surface area contributed by atoms with Gasteiger partial charge in [-0.2, -0.15) is 0 Å². The maximum atomic E-state index is 9.04. The Morgan fingerprint density at radius 1 is 1.44 bits per heavy atom. The normalized spacial score (nSPS) is 29.2. The van der Waals surface area contributed by atoms with Gasteiger partial charge in [-0.1, -0.05) is 13.8 Å². The highest BCUT2D eigenvalue weighted by molar-refractivity contribution is 4.80. The van der Waals surface area contributed by atoms with Gasteiger partial charge in [0.15, 0.2) is 0 Å². The maximum absolute atomic E-state index is 9.04. The van der Waals surface area contributed by atoms with E-state index in [1.165, 1.54) is 19.4 Å². The van der Waals surface area contributed by atoms with Crippen molar-refractivity contribution in [3.8, 4) is 0 Å². The van der Waals surface area contributed by atoms with Gasteiger partial charge in [-0.15, -0.1) is 0 Å². The molecule has 16 heavy (non-hydrogen) atoms. The van der Waals surface area contributed by atoms with Crippen molar-refractivity contribution in [3.05, 3.63) is 0 Å². The van der Waals surface area contributed by atoms with Crippen molar-refractivity contribution < 1.29 is 5.11 Å². The number of piperidine rings is 1. The molecule has 1 heterocycles. The summed E-state index contributed by atoms with van der Waals surface area (Å²) in [4.78, 5) is 2.57. The van der Waals surface area contributed by atoms with Crippen molar-refractivity contribution in [3.63, 3.8) is 0 Å². The average molecular weight is 228 g/mol. The van der Waals surface area contributed by atoms with Crippen LogP contribution in [0.5, 0.6) is 0 Å². The smallest absolute Gasteiger partial charge is 0.0446 e. The Kier molecular flexibility index (Phi) is 6.32. The lowest BCUT2D eigenvalue weighted by molar-refractivity contribution is 0.110. The summed E-state index contributed by atoms with van der Waals surface area (Å²) in [5, 5.41) is 12.5. The molecule has 3 unspecified atom stereocenters. The van der Waals surface area contributed by atoms with Crippen molar-refractivity contribution in [1.82, 2.24) is 10.2 Å². The number of hydrogen-bond donors (Lipinski definition) is 2. The predicted octanol–water partition coefficient (Wildman–Crippen LogP) is 1.47. The van der Waals surface area contributed by atoms with E-state index in [9.17, 15) is 0 Å². The molecule has 0 aromatic carbocycles.